The van der Waals surface area contributed by atoms with Crippen LogP contribution >= 0.6 is 0 Å². The molecule has 6 heteroatoms. The van der Waals surface area contributed by atoms with Gasteiger partial charge >= 0.3 is 0 Å². The molecule has 0 saturated heterocycles. The van der Waals surface area contributed by atoms with Gasteiger partial charge in [-0.25, -0.2) is 4.98 Å². The second kappa shape index (κ2) is 8.40. The van der Waals surface area contributed by atoms with Crippen LogP contribution in [0, 0.1) is 0 Å². The van der Waals surface area contributed by atoms with E-state index in [4.69, 9.17) is 9.47 Å². The molecule has 2 N–H and O–H groups in total. The molecule has 0 aliphatic carbocycles. The summed E-state index contributed by atoms with van der Waals surface area (Å²) in [7, 11) is 3.23. The molecular formula is C21H24N4O2. The second-order valence-electron chi connectivity index (χ2n) is 6.36. The molecule has 1 heterocycles. The first-order valence-corrected chi connectivity index (χ1v) is 8.78. The van der Waals surface area contributed by atoms with Crippen LogP contribution in [0.5, 0.6) is 11.5 Å². The maximum absolute atomic E-state index is 5.40. The molecule has 0 aliphatic rings. The average molecular weight is 364 g/mol. The predicted molar refractivity (Wildman–Crippen MR) is 109 cm³/mol. The van der Waals surface area contributed by atoms with E-state index in [0.29, 0.717) is 23.4 Å². The molecule has 27 heavy (non-hydrogen) atoms. The number of nitrogens with zero attached hydrogens (tertiary/aromatic N) is 2. The van der Waals surface area contributed by atoms with Crippen molar-refractivity contribution >= 4 is 23.1 Å². The zero-order valence-corrected chi connectivity index (χ0v) is 16.0. The minimum Gasteiger partial charge on any atom is -0.497 e. The predicted octanol–water partition coefficient (Wildman–Crippen LogP) is 5.10. The minimum atomic E-state index is 0.474. The van der Waals surface area contributed by atoms with Crippen molar-refractivity contribution in [3.8, 4) is 11.5 Å². The van der Waals surface area contributed by atoms with Gasteiger partial charge in [-0.15, -0.1) is 0 Å². The van der Waals surface area contributed by atoms with Gasteiger partial charge in [0.15, 0.2) is 0 Å². The van der Waals surface area contributed by atoms with E-state index in [1.165, 1.54) is 5.56 Å². The fourth-order valence-corrected chi connectivity index (χ4v) is 2.61. The van der Waals surface area contributed by atoms with E-state index in [1.54, 1.807) is 26.5 Å². The quantitative estimate of drug-likeness (QED) is 0.607. The van der Waals surface area contributed by atoms with Crippen LogP contribution < -0.4 is 20.1 Å². The molecule has 140 valence electrons. The third kappa shape index (κ3) is 4.67. The molecule has 0 amide bonds. The maximum atomic E-state index is 5.40. The number of anilines is 4. The zero-order chi connectivity index (χ0) is 19.2. The molecule has 0 unspecified atom stereocenters. The highest BCUT2D eigenvalue weighted by Gasteiger charge is 2.08. The van der Waals surface area contributed by atoms with Crippen LogP contribution in [-0.4, -0.2) is 24.2 Å². The molecule has 0 radical (unpaired) electrons. The fourth-order valence-electron chi connectivity index (χ4n) is 2.61. The van der Waals surface area contributed by atoms with Gasteiger partial charge in [-0.2, -0.15) is 4.98 Å². The van der Waals surface area contributed by atoms with Gasteiger partial charge in [0.2, 0.25) is 5.95 Å². The first kappa shape index (κ1) is 18.5. The van der Waals surface area contributed by atoms with Crippen LogP contribution in [0.15, 0.2) is 54.7 Å². The number of rotatable bonds is 7. The van der Waals surface area contributed by atoms with Crippen molar-refractivity contribution in [3.63, 3.8) is 0 Å². The lowest BCUT2D eigenvalue weighted by atomic mass is 10.0. The van der Waals surface area contributed by atoms with Crippen molar-refractivity contribution in [2.24, 2.45) is 0 Å². The molecule has 0 saturated carbocycles. The Kier molecular flexibility index (Phi) is 5.76. The van der Waals surface area contributed by atoms with E-state index in [9.17, 15) is 0 Å². The van der Waals surface area contributed by atoms with Crippen molar-refractivity contribution in [2.45, 2.75) is 19.8 Å². The number of nitrogens with one attached hydrogen (secondary N) is 2. The summed E-state index contributed by atoms with van der Waals surface area (Å²) < 4.78 is 10.6. The number of aromatic nitrogens is 2. The molecule has 2 aromatic carbocycles. The van der Waals surface area contributed by atoms with Crippen LogP contribution in [0.25, 0.3) is 0 Å². The highest BCUT2D eigenvalue weighted by Crippen LogP contribution is 2.31. The summed E-state index contributed by atoms with van der Waals surface area (Å²) in [6, 6.07) is 15.7. The monoisotopic (exact) mass is 364 g/mol. The number of benzene rings is 2. The summed E-state index contributed by atoms with van der Waals surface area (Å²) in [6.07, 6.45) is 1.70. The van der Waals surface area contributed by atoms with E-state index >= 15 is 0 Å². The molecule has 0 aliphatic heterocycles. The van der Waals surface area contributed by atoms with E-state index in [2.05, 4.69) is 58.7 Å². The lowest BCUT2D eigenvalue weighted by Crippen LogP contribution is -2.02. The van der Waals surface area contributed by atoms with Crippen LogP contribution in [0.1, 0.15) is 25.3 Å². The number of hydrogen-bond acceptors (Lipinski definition) is 6. The molecule has 3 aromatic rings. The Morgan fingerprint density at radius 3 is 2.33 bits per heavy atom. The summed E-state index contributed by atoms with van der Waals surface area (Å²) in [5, 5.41) is 6.48. The van der Waals surface area contributed by atoms with E-state index in [-0.39, 0.29) is 0 Å². The van der Waals surface area contributed by atoms with Gasteiger partial charge in [0, 0.05) is 18.0 Å². The lowest BCUT2D eigenvalue weighted by Gasteiger charge is -2.12. The summed E-state index contributed by atoms with van der Waals surface area (Å²) in [6.45, 7) is 4.36. The standard InChI is InChI=1S/C21H24N4O2/c1-14(2)15-5-7-16(8-6-15)23-20-11-12-22-21(25-20)24-18-10-9-17(26-3)13-19(18)27-4/h5-14H,1-4H3,(H2,22,23,24,25). The van der Waals surface area contributed by atoms with Gasteiger partial charge in [-0.3, -0.25) is 0 Å². The van der Waals surface area contributed by atoms with Gasteiger partial charge in [-0.1, -0.05) is 26.0 Å². The third-order valence-corrected chi connectivity index (χ3v) is 4.16. The molecule has 0 atom stereocenters. The number of ether oxygens (including phenoxy) is 2. The van der Waals surface area contributed by atoms with Gasteiger partial charge in [0.25, 0.3) is 0 Å². The van der Waals surface area contributed by atoms with E-state index in [1.807, 2.05) is 18.2 Å². The Labute approximate surface area is 159 Å². The summed E-state index contributed by atoms with van der Waals surface area (Å²) in [5.41, 5.74) is 3.04. The molecule has 0 spiro atoms. The molecule has 6 nitrogen and oxygen atoms in total. The van der Waals surface area contributed by atoms with Gasteiger partial charge < -0.3 is 20.1 Å². The van der Waals surface area contributed by atoms with Crippen molar-refractivity contribution in [1.29, 1.82) is 0 Å². The zero-order valence-electron chi connectivity index (χ0n) is 16.0. The van der Waals surface area contributed by atoms with Gasteiger partial charge in [0.1, 0.15) is 17.3 Å². The van der Waals surface area contributed by atoms with Crippen molar-refractivity contribution in [2.75, 3.05) is 24.9 Å². The lowest BCUT2D eigenvalue weighted by molar-refractivity contribution is 0.395. The van der Waals surface area contributed by atoms with Crippen LogP contribution in [0.2, 0.25) is 0 Å². The highest BCUT2D eigenvalue weighted by molar-refractivity contribution is 5.65. The van der Waals surface area contributed by atoms with Crippen LogP contribution in [-0.2, 0) is 0 Å². The Morgan fingerprint density at radius 1 is 0.889 bits per heavy atom. The fraction of sp³-hybridized carbons (Fsp3) is 0.238. The summed E-state index contributed by atoms with van der Waals surface area (Å²) in [4.78, 5) is 8.80. The molecule has 3 rings (SSSR count). The molecule has 0 fully saturated rings. The van der Waals surface area contributed by atoms with Crippen LogP contribution in [0.3, 0.4) is 0 Å². The first-order valence-electron chi connectivity index (χ1n) is 8.78. The number of methoxy groups -OCH3 is 2. The highest BCUT2D eigenvalue weighted by atomic mass is 16.5. The second-order valence-corrected chi connectivity index (χ2v) is 6.36. The molecular weight excluding hydrogens is 340 g/mol. The average Bonchev–Trinajstić information content (AvgIpc) is 2.69. The summed E-state index contributed by atoms with van der Waals surface area (Å²) >= 11 is 0. The van der Waals surface area contributed by atoms with E-state index < -0.39 is 0 Å². The van der Waals surface area contributed by atoms with E-state index in [0.717, 1.165) is 17.1 Å². The van der Waals surface area contributed by atoms with Crippen molar-refractivity contribution in [1.82, 2.24) is 9.97 Å². The normalized spacial score (nSPS) is 10.6. The van der Waals surface area contributed by atoms with Crippen molar-refractivity contribution < 1.29 is 9.47 Å². The molecule has 0 bridgehead atoms. The Bertz CT molecular complexity index is 895. The van der Waals surface area contributed by atoms with Crippen LogP contribution in [0.4, 0.5) is 23.1 Å². The topological polar surface area (TPSA) is 68.3 Å². The number of hydrogen-bond donors (Lipinski definition) is 2. The first-order chi connectivity index (χ1) is 13.1. The Hall–Kier alpha value is -3.28. The Balaban J connectivity index is 1.76. The largest absolute Gasteiger partial charge is 0.497 e. The molecule has 1 aromatic heterocycles. The van der Waals surface area contributed by atoms with Gasteiger partial charge in [-0.05, 0) is 41.8 Å². The third-order valence-electron chi connectivity index (χ3n) is 4.16. The smallest absolute Gasteiger partial charge is 0.229 e. The van der Waals surface area contributed by atoms with Crippen molar-refractivity contribution in [3.05, 3.63) is 60.3 Å². The summed E-state index contributed by atoms with van der Waals surface area (Å²) in [5.74, 6) is 3.06. The minimum absolute atomic E-state index is 0.474. The van der Waals surface area contributed by atoms with Gasteiger partial charge in [0.05, 0.1) is 19.9 Å². The maximum Gasteiger partial charge on any atom is 0.229 e. The Morgan fingerprint density at radius 2 is 1.67 bits per heavy atom. The SMILES string of the molecule is COc1ccc(Nc2nccc(Nc3ccc(C(C)C)cc3)n2)c(OC)c1.